The van der Waals surface area contributed by atoms with Gasteiger partial charge in [-0.05, 0) is 30.7 Å². The summed E-state index contributed by atoms with van der Waals surface area (Å²) in [7, 11) is -3.46. The molecule has 0 fully saturated rings. The maximum Gasteiger partial charge on any atom is 0.216 e. The van der Waals surface area contributed by atoms with Gasteiger partial charge in [-0.3, -0.25) is 0 Å². The SMILES string of the molecule is O=S(=O)(Cc1ccc(F)c(Cl)c1)NCC1=CCNCC1. The van der Waals surface area contributed by atoms with E-state index in [1.54, 1.807) is 0 Å². The van der Waals surface area contributed by atoms with Gasteiger partial charge in [-0.1, -0.05) is 29.3 Å². The van der Waals surface area contributed by atoms with Crippen molar-refractivity contribution in [2.45, 2.75) is 12.2 Å². The van der Waals surface area contributed by atoms with Crippen LogP contribution in [0.2, 0.25) is 5.02 Å². The zero-order chi connectivity index (χ0) is 14.6. The molecule has 1 aromatic carbocycles. The quantitative estimate of drug-likeness (QED) is 0.814. The Bertz CT molecular complexity index is 617. The van der Waals surface area contributed by atoms with Crippen LogP contribution in [0.5, 0.6) is 0 Å². The molecule has 1 aliphatic heterocycles. The Labute approximate surface area is 123 Å². The van der Waals surface area contributed by atoms with E-state index in [0.29, 0.717) is 12.1 Å². The Morgan fingerprint density at radius 1 is 1.40 bits per heavy atom. The smallest absolute Gasteiger partial charge is 0.216 e. The number of hydrogen-bond donors (Lipinski definition) is 2. The summed E-state index contributed by atoms with van der Waals surface area (Å²) in [4.78, 5) is 0. The molecule has 1 aromatic rings. The van der Waals surface area contributed by atoms with Crippen LogP contribution in [0.3, 0.4) is 0 Å². The van der Waals surface area contributed by atoms with E-state index >= 15 is 0 Å². The average Bonchev–Trinajstić information content (AvgIpc) is 2.42. The maximum atomic E-state index is 13.0. The number of sulfonamides is 1. The summed E-state index contributed by atoms with van der Waals surface area (Å²) >= 11 is 5.64. The van der Waals surface area contributed by atoms with Crippen LogP contribution in [0, 0.1) is 5.82 Å². The van der Waals surface area contributed by atoms with Gasteiger partial charge >= 0.3 is 0 Å². The molecule has 0 saturated heterocycles. The zero-order valence-corrected chi connectivity index (χ0v) is 12.4. The fourth-order valence-corrected chi connectivity index (χ4v) is 3.26. The highest BCUT2D eigenvalue weighted by molar-refractivity contribution is 7.88. The van der Waals surface area contributed by atoms with Gasteiger partial charge in [-0.2, -0.15) is 0 Å². The van der Waals surface area contributed by atoms with E-state index in [2.05, 4.69) is 10.0 Å². The molecule has 2 N–H and O–H groups in total. The van der Waals surface area contributed by atoms with E-state index in [4.69, 9.17) is 11.6 Å². The molecule has 0 bridgehead atoms. The van der Waals surface area contributed by atoms with Crippen LogP contribution < -0.4 is 10.0 Å². The van der Waals surface area contributed by atoms with Crippen LogP contribution >= 0.6 is 11.6 Å². The second-order valence-electron chi connectivity index (χ2n) is 4.65. The van der Waals surface area contributed by atoms with Crippen molar-refractivity contribution in [1.29, 1.82) is 0 Å². The molecule has 0 aliphatic carbocycles. The minimum absolute atomic E-state index is 0.0706. The summed E-state index contributed by atoms with van der Waals surface area (Å²) in [6.07, 6.45) is 2.83. The van der Waals surface area contributed by atoms with Gasteiger partial charge in [0.15, 0.2) is 0 Å². The van der Waals surface area contributed by atoms with E-state index in [1.165, 1.54) is 18.2 Å². The van der Waals surface area contributed by atoms with E-state index in [0.717, 1.165) is 25.1 Å². The molecule has 0 saturated carbocycles. The molecule has 7 heteroatoms. The van der Waals surface area contributed by atoms with E-state index in [9.17, 15) is 12.8 Å². The molecule has 1 aliphatic rings. The number of nitrogens with one attached hydrogen (secondary N) is 2. The monoisotopic (exact) mass is 318 g/mol. The van der Waals surface area contributed by atoms with Crippen molar-refractivity contribution in [3.8, 4) is 0 Å². The summed E-state index contributed by atoms with van der Waals surface area (Å²) in [5.41, 5.74) is 1.53. The van der Waals surface area contributed by atoms with Crippen molar-refractivity contribution >= 4 is 21.6 Å². The third-order valence-corrected chi connectivity index (χ3v) is 4.60. The van der Waals surface area contributed by atoms with Crippen LogP contribution in [0.4, 0.5) is 4.39 Å². The van der Waals surface area contributed by atoms with Crippen LogP contribution in [0.25, 0.3) is 0 Å². The van der Waals surface area contributed by atoms with Gasteiger partial charge in [0.25, 0.3) is 0 Å². The van der Waals surface area contributed by atoms with Gasteiger partial charge in [0.05, 0.1) is 10.8 Å². The Morgan fingerprint density at radius 3 is 2.85 bits per heavy atom. The lowest BCUT2D eigenvalue weighted by molar-refractivity contribution is 0.581. The van der Waals surface area contributed by atoms with Gasteiger partial charge in [-0.15, -0.1) is 0 Å². The molecule has 4 nitrogen and oxygen atoms in total. The van der Waals surface area contributed by atoms with Crippen molar-refractivity contribution < 1.29 is 12.8 Å². The number of rotatable bonds is 5. The standard InChI is InChI=1S/C13H16ClFN2O2S/c14-12-7-11(1-2-13(12)15)9-20(18,19)17-8-10-3-5-16-6-4-10/h1-3,7,16-17H,4-6,8-9H2. The largest absolute Gasteiger partial charge is 0.313 e. The van der Waals surface area contributed by atoms with Crippen molar-refractivity contribution in [1.82, 2.24) is 10.0 Å². The summed E-state index contributed by atoms with van der Waals surface area (Å²) in [5, 5.41) is 3.09. The lowest BCUT2D eigenvalue weighted by Crippen LogP contribution is -2.30. The van der Waals surface area contributed by atoms with Crippen molar-refractivity contribution in [2.24, 2.45) is 0 Å². The molecule has 0 unspecified atom stereocenters. The third kappa shape index (κ3) is 4.56. The Hall–Kier alpha value is -0.950. The van der Waals surface area contributed by atoms with E-state index in [1.807, 2.05) is 6.08 Å². The lowest BCUT2D eigenvalue weighted by atomic mass is 10.1. The van der Waals surface area contributed by atoms with Crippen LogP contribution in [0.1, 0.15) is 12.0 Å². The highest BCUT2D eigenvalue weighted by atomic mass is 35.5. The molecule has 1 heterocycles. The Kier molecular flexibility index (Phi) is 5.15. The number of halogens is 2. The average molecular weight is 319 g/mol. The molecule has 20 heavy (non-hydrogen) atoms. The minimum atomic E-state index is -3.46. The molecule has 2 rings (SSSR count). The van der Waals surface area contributed by atoms with Crippen LogP contribution in [-0.4, -0.2) is 28.1 Å². The maximum absolute atomic E-state index is 13.0. The van der Waals surface area contributed by atoms with Crippen molar-refractivity contribution in [3.63, 3.8) is 0 Å². The summed E-state index contributed by atoms with van der Waals surface area (Å²) in [5.74, 6) is -0.765. The summed E-state index contributed by atoms with van der Waals surface area (Å²) in [6, 6.07) is 3.92. The Morgan fingerprint density at radius 2 is 2.20 bits per heavy atom. The van der Waals surface area contributed by atoms with Crippen LogP contribution in [-0.2, 0) is 15.8 Å². The van der Waals surface area contributed by atoms with Gasteiger partial charge < -0.3 is 5.32 Å². The fourth-order valence-electron chi connectivity index (χ4n) is 1.93. The predicted molar refractivity (Wildman–Crippen MR) is 77.6 cm³/mol. The van der Waals surface area contributed by atoms with Crippen LogP contribution in [0.15, 0.2) is 29.8 Å². The van der Waals surface area contributed by atoms with Gasteiger partial charge in [0, 0.05) is 13.1 Å². The topological polar surface area (TPSA) is 58.2 Å². The molecular formula is C13H16ClFN2O2S. The van der Waals surface area contributed by atoms with E-state index < -0.39 is 15.8 Å². The lowest BCUT2D eigenvalue weighted by Gasteiger charge is -2.14. The normalized spacial score (nSPS) is 16.0. The summed E-state index contributed by atoms with van der Waals surface area (Å²) < 4.78 is 39.5. The molecule has 0 spiro atoms. The minimum Gasteiger partial charge on any atom is -0.313 e. The molecule has 0 radical (unpaired) electrons. The second kappa shape index (κ2) is 6.67. The van der Waals surface area contributed by atoms with Gasteiger partial charge in [0.2, 0.25) is 10.0 Å². The first-order valence-electron chi connectivity index (χ1n) is 6.26. The second-order valence-corrected chi connectivity index (χ2v) is 6.86. The first-order chi connectivity index (χ1) is 9.46. The highest BCUT2D eigenvalue weighted by Crippen LogP contribution is 2.17. The van der Waals surface area contributed by atoms with Gasteiger partial charge in [-0.25, -0.2) is 17.5 Å². The molecule has 0 amide bonds. The molecule has 110 valence electrons. The van der Waals surface area contributed by atoms with Crippen molar-refractivity contribution in [2.75, 3.05) is 19.6 Å². The van der Waals surface area contributed by atoms with Gasteiger partial charge in [0.1, 0.15) is 5.82 Å². The molecular weight excluding hydrogens is 303 g/mol. The Balaban J connectivity index is 1.96. The van der Waals surface area contributed by atoms with Crippen molar-refractivity contribution in [3.05, 3.63) is 46.3 Å². The summed E-state index contributed by atoms with van der Waals surface area (Å²) in [6.45, 7) is 1.95. The fraction of sp³-hybridized carbons (Fsp3) is 0.385. The first-order valence-corrected chi connectivity index (χ1v) is 8.29. The zero-order valence-electron chi connectivity index (χ0n) is 10.8. The molecule has 0 atom stereocenters. The number of benzene rings is 1. The third-order valence-electron chi connectivity index (χ3n) is 3.02. The molecule has 0 aromatic heterocycles. The van der Waals surface area contributed by atoms with E-state index in [-0.39, 0.29) is 10.8 Å². The first kappa shape index (κ1) is 15.4. The predicted octanol–water partition coefficient (Wildman–Crippen LogP) is 1.82. The number of hydrogen-bond acceptors (Lipinski definition) is 3. The highest BCUT2D eigenvalue weighted by Gasteiger charge is 2.14.